The highest BCUT2D eigenvalue weighted by Gasteiger charge is 2.18. The Labute approximate surface area is 132 Å². The first-order chi connectivity index (χ1) is 8.79. The van der Waals surface area contributed by atoms with Crippen molar-refractivity contribution in [2.24, 2.45) is 10.9 Å². The molecule has 1 saturated heterocycles. The monoisotopic (exact) mass is 377 g/mol. The third kappa shape index (κ3) is 5.04. The Morgan fingerprint density at radius 3 is 2.79 bits per heavy atom. The molecule has 0 radical (unpaired) electrons. The van der Waals surface area contributed by atoms with E-state index in [-0.39, 0.29) is 24.0 Å². The van der Waals surface area contributed by atoms with Gasteiger partial charge in [-0.1, -0.05) is 6.92 Å². The van der Waals surface area contributed by atoms with Gasteiger partial charge >= 0.3 is 0 Å². The summed E-state index contributed by atoms with van der Waals surface area (Å²) in [7, 11) is 1.85. The average Bonchev–Trinajstić information content (AvgIpc) is 2.89. The zero-order chi connectivity index (χ0) is 12.8. The lowest BCUT2D eigenvalue weighted by molar-refractivity contribution is 0.273. The van der Waals surface area contributed by atoms with Gasteiger partial charge in [-0.3, -0.25) is 4.99 Å². The number of rotatable bonds is 3. The van der Waals surface area contributed by atoms with Gasteiger partial charge in [-0.15, -0.1) is 24.0 Å². The van der Waals surface area contributed by atoms with E-state index in [1.807, 2.05) is 19.2 Å². The number of furan rings is 1. The van der Waals surface area contributed by atoms with Crippen molar-refractivity contribution in [3.63, 3.8) is 0 Å². The van der Waals surface area contributed by atoms with E-state index in [9.17, 15) is 0 Å². The van der Waals surface area contributed by atoms with Crippen LogP contribution in [0.4, 0.5) is 0 Å². The fraction of sp³-hybridized carbons (Fsp3) is 0.643. The largest absolute Gasteiger partial charge is 0.469 e. The standard InChI is InChI=1S/C14H23N3O.HI/c1-12-6-9-17(10-7-12)14(15-2)16-8-5-13-4-3-11-18-13;/h3-4,11-12H,5-10H2,1-2H3,(H,15,16);1H. The van der Waals surface area contributed by atoms with Crippen LogP contribution in [0.5, 0.6) is 0 Å². The van der Waals surface area contributed by atoms with Crippen molar-refractivity contribution in [1.29, 1.82) is 0 Å². The summed E-state index contributed by atoms with van der Waals surface area (Å²) in [6.45, 7) is 5.42. The normalized spacial score (nSPS) is 17.2. The van der Waals surface area contributed by atoms with Gasteiger partial charge in [-0.25, -0.2) is 0 Å². The van der Waals surface area contributed by atoms with Crippen LogP contribution in [0.15, 0.2) is 27.8 Å². The van der Waals surface area contributed by atoms with Crippen LogP contribution in [0, 0.1) is 5.92 Å². The number of piperidine rings is 1. The predicted molar refractivity (Wildman–Crippen MR) is 89.2 cm³/mol. The van der Waals surface area contributed by atoms with E-state index in [1.165, 1.54) is 12.8 Å². The molecule has 2 heterocycles. The minimum Gasteiger partial charge on any atom is -0.469 e. The molecule has 0 atom stereocenters. The van der Waals surface area contributed by atoms with Crippen molar-refractivity contribution in [3.05, 3.63) is 24.2 Å². The van der Waals surface area contributed by atoms with E-state index in [0.717, 1.165) is 43.7 Å². The zero-order valence-electron chi connectivity index (χ0n) is 11.8. The quantitative estimate of drug-likeness (QED) is 0.500. The molecule has 0 aliphatic carbocycles. The molecule has 0 saturated carbocycles. The minimum atomic E-state index is 0. The van der Waals surface area contributed by atoms with Gasteiger partial charge in [0.15, 0.2) is 5.96 Å². The van der Waals surface area contributed by atoms with E-state index in [0.29, 0.717) is 0 Å². The molecule has 1 N–H and O–H groups in total. The van der Waals surface area contributed by atoms with Crippen LogP contribution in [-0.2, 0) is 6.42 Å². The molecule has 0 amide bonds. The van der Waals surface area contributed by atoms with Gasteiger partial charge < -0.3 is 14.6 Å². The van der Waals surface area contributed by atoms with Crippen molar-refractivity contribution < 1.29 is 4.42 Å². The predicted octanol–water partition coefficient (Wildman–Crippen LogP) is 2.75. The molecule has 5 heteroatoms. The van der Waals surface area contributed by atoms with Gasteiger partial charge in [0.25, 0.3) is 0 Å². The van der Waals surface area contributed by atoms with Crippen LogP contribution in [0.3, 0.4) is 0 Å². The molecule has 0 unspecified atom stereocenters. The Balaban J connectivity index is 0.00000180. The van der Waals surface area contributed by atoms with E-state index >= 15 is 0 Å². The summed E-state index contributed by atoms with van der Waals surface area (Å²) in [4.78, 5) is 6.71. The SMILES string of the molecule is CN=C(NCCc1ccco1)N1CCC(C)CC1.I. The highest BCUT2D eigenvalue weighted by molar-refractivity contribution is 14.0. The molecule has 1 aliphatic rings. The van der Waals surface area contributed by atoms with E-state index in [4.69, 9.17) is 4.42 Å². The van der Waals surface area contributed by atoms with Crippen molar-refractivity contribution in [3.8, 4) is 0 Å². The second-order valence-electron chi connectivity index (χ2n) is 4.97. The summed E-state index contributed by atoms with van der Waals surface area (Å²) >= 11 is 0. The van der Waals surface area contributed by atoms with Gasteiger partial charge in [0.1, 0.15) is 5.76 Å². The number of hydrogen-bond acceptors (Lipinski definition) is 2. The molecule has 1 fully saturated rings. The lowest BCUT2D eigenvalue weighted by Gasteiger charge is -2.32. The molecular formula is C14H24IN3O. The van der Waals surface area contributed by atoms with Crippen molar-refractivity contribution >= 4 is 29.9 Å². The summed E-state index contributed by atoms with van der Waals surface area (Å²) < 4.78 is 5.32. The first-order valence-corrected chi connectivity index (χ1v) is 6.77. The lowest BCUT2D eigenvalue weighted by Crippen LogP contribution is -2.45. The molecule has 1 aromatic rings. The molecule has 1 aliphatic heterocycles. The number of likely N-dealkylation sites (tertiary alicyclic amines) is 1. The fourth-order valence-electron chi connectivity index (χ4n) is 2.31. The summed E-state index contributed by atoms with van der Waals surface area (Å²) in [5.74, 6) is 2.89. The molecule has 4 nitrogen and oxygen atoms in total. The van der Waals surface area contributed by atoms with Gasteiger partial charge in [0.2, 0.25) is 0 Å². The Hall–Kier alpha value is -0.720. The van der Waals surface area contributed by atoms with Gasteiger partial charge in [-0.2, -0.15) is 0 Å². The zero-order valence-corrected chi connectivity index (χ0v) is 14.1. The van der Waals surface area contributed by atoms with Crippen LogP contribution >= 0.6 is 24.0 Å². The van der Waals surface area contributed by atoms with Crippen LogP contribution in [0.1, 0.15) is 25.5 Å². The molecule has 1 aromatic heterocycles. The Kier molecular flexibility index (Phi) is 7.27. The number of nitrogens with zero attached hydrogens (tertiary/aromatic N) is 2. The Morgan fingerprint density at radius 1 is 1.47 bits per heavy atom. The maximum atomic E-state index is 5.32. The van der Waals surface area contributed by atoms with Gasteiger partial charge in [0, 0.05) is 33.1 Å². The average molecular weight is 377 g/mol. The second-order valence-corrected chi connectivity index (χ2v) is 4.97. The summed E-state index contributed by atoms with van der Waals surface area (Å²) in [5.41, 5.74) is 0. The first kappa shape index (κ1) is 16.3. The maximum absolute atomic E-state index is 5.32. The van der Waals surface area contributed by atoms with E-state index < -0.39 is 0 Å². The van der Waals surface area contributed by atoms with Crippen molar-refractivity contribution in [2.45, 2.75) is 26.2 Å². The molecule has 19 heavy (non-hydrogen) atoms. The summed E-state index contributed by atoms with van der Waals surface area (Å²) in [6, 6.07) is 3.93. The Bertz CT molecular complexity index is 370. The number of aliphatic imine (C=N–C) groups is 1. The van der Waals surface area contributed by atoms with Crippen LogP contribution in [0.25, 0.3) is 0 Å². The summed E-state index contributed by atoms with van der Waals surface area (Å²) in [5, 5.41) is 3.41. The highest BCUT2D eigenvalue weighted by atomic mass is 127. The lowest BCUT2D eigenvalue weighted by atomic mass is 10.00. The molecular weight excluding hydrogens is 353 g/mol. The molecule has 0 bridgehead atoms. The molecule has 2 rings (SSSR count). The third-order valence-electron chi connectivity index (χ3n) is 3.53. The topological polar surface area (TPSA) is 40.8 Å². The molecule has 0 aromatic carbocycles. The number of nitrogens with one attached hydrogen (secondary N) is 1. The third-order valence-corrected chi connectivity index (χ3v) is 3.53. The smallest absolute Gasteiger partial charge is 0.193 e. The highest BCUT2D eigenvalue weighted by Crippen LogP contribution is 2.15. The number of halogens is 1. The maximum Gasteiger partial charge on any atom is 0.193 e. The number of guanidine groups is 1. The van der Waals surface area contributed by atoms with Crippen LogP contribution in [-0.4, -0.2) is 37.5 Å². The van der Waals surface area contributed by atoms with Crippen molar-refractivity contribution in [1.82, 2.24) is 10.2 Å². The Morgan fingerprint density at radius 2 is 2.21 bits per heavy atom. The second kappa shape index (κ2) is 8.45. The van der Waals surface area contributed by atoms with E-state index in [1.54, 1.807) is 6.26 Å². The summed E-state index contributed by atoms with van der Waals surface area (Å²) in [6.07, 6.45) is 5.14. The van der Waals surface area contributed by atoms with Crippen LogP contribution < -0.4 is 5.32 Å². The van der Waals surface area contributed by atoms with Crippen molar-refractivity contribution in [2.75, 3.05) is 26.7 Å². The van der Waals surface area contributed by atoms with Crippen LogP contribution in [0.2, 0.25) is 0 Å². The fourth-order valence-corrected chi connectivity index (χ4v) is 2.31. The van der Waals surface area contributed by atoms with Gasteiger partial charge in [0.05, 0.1) is 6.26 Å². The number of hydrogen-bond donors (Lipinski definition) is 1. The molecule has 108 valence electrons. The first-order valence-electron chi connectivity index (χ1n) is 6.77. The van der Waals surface area contributed by atoms with E-state index in [2.05, 4.69) is 22.1 Å². The minimum absolute atomic E-state index is 0. The molecule has 0 spiro atoms. The van der Waals surface area contributed by atoms with Gasteiger partial charge in [-0.05, 0) is 30.9 Å².